The van der Waals surface area contributed by atoms with Crippen molar-refractivity contribution in [2.45, 2.75) is 63.5 Å². The predicted molar refractivity (Wildman–Crippen MR) is 139 cm³/mol. The summed E-state index contributed by atoms with van der Waals surface area (Å²) in [6.45, 7) is 0. The summed E-state index contributed by atoms with van der Waals surface area (Å²) in [5, 5.41) is 5.87. The summed E-state index contributed by atoms with van der Waals surface area (Å²) in [6.07, 6.45) is 8.16. The molecule has 2 amide bonds. The molecular weight excluding hydrogens is 424 g/mol. The van der Waals surface area contributed by atoms with E-state index in [1.807, 2.05) is 18.2 Å². The average molecular weight is 459 g/mol. The van der Waals surface area contributed by atoms with Crippen molar-refractivity contribution in [2.24, 2.45) is 5.73 Å². The summed E-state index contributed by atoms with van der Waals surface area (Å²) in [5.41, 5.74) is 9.23. The van der Waals surface area contributed by atoms with Gasteiger partial charge in [0.2, 0.25) is 5.95 Å². The second kappa shape index (κ2) is 9.49. The summed E-state index contributed by atoms with van der Waals surface area (Å²) in [6, 6.07) is 14.3. The Morgan fingerprint density at radius 3 is 2.44 bits per heavy atom. The van der Waals surface area contributed by atoms with Crippen molar-refractivity contribution in [1.29, 1.82) is 0 Å². The van der Waals surface area contributed by atoms with Crippen LogP contribution in [0.25, 0.3) is 10.8 Å². The average Bonchev–Trinajstić information content (AvgIpc) is 2.84. The van der Waals surface area contributed by atoms with Gasteiger partial charge in [0.15, 0.2) is 0 Å². The Hall–Kier alpha value is -3.35. The highest BCUT2D eigenvalue weighted by Gasteiger charge is 2.30. The van der Waals surface area contributed by atoms with E-state index < -0.39 is 0 Å². The Morgan fingerprint density at radius 2 is 1.71 bits per heavy atom. The smallest absolute Gasteiger partial charge is 0.319 e. The summed E-state index contributed by atoms with van der Waals surface area (Å²) in [5.74, 6) is 1.77. The highest BCUT2D eigenvalue weighted by atomic mass is 16.2. The molecule has 0 spiro atoms. The van der Waals surface area contributed by atoms with Gasteiger partial charge >= 0.3 is 6.03 Å². The summed E-state index contributed by atoms with van der Waals surface area (Å²) >= 11 is 0. The van der Waals surface area contributed by atoms with E-state index in [-0.39, 0.29) is 12.1 Å². The van der Waals surface area contributed by atoms with Crippen LogP contribution in [0.1, 0.15) is 49.8 Å². The molecule has 0 bridgehead atoms. The van der Waals surface area contributed by atoms with Crippen molar-refractivity contribution in [1.82, 2.24) is 9.97 Å². The molecule has 1 aromatic heterocycles. The zero-order chi connectivity index (χ0) is 23.7. The third-order valence-electron chi connectivity index (χ3n) is 7.23. The molecule has 34 heavy (non-hydrogen) atoms. The Bertz CT molecular complexity index is 1180. The van der Waals surface area contributed by atoms with E-state index >= 15 is 0 Å². The second-order valence-electron chi connectivity index (χ2n) is 9.79. The first kappa shape index (κ1) is 22.4. The van der Waals surface area contributed by atoms with Crippen molar-refractivity contribution < 1.29 is 4.79 Å². The molecule has 0 unspecified atom stereocenters. The minimum Gasteiger partial charge on any atom is -0.362 e. The fraction of sp³-hybridized carbons (Fsp3) is 0.444. The minimum absolute atomic E-state index is 0.0958. The van der Waals surface area contributed by atoms with Crippen molar-refractivity contribution >= 4 is 34.3 Å². The predicted octanol–water partition coefficient (Wildman–Crippen LogP) is 4.88. The zero-order valence-electron chi connectivity index (χ0n) is 20.1. The standard InChI is InChI=1S/C27H34N6O/c1-32(2)25-23-9-5-6-10-24(23)30-27(31-25)29-20-12-15-21(16-13-20)33(26(28)34)22-14-11-18-7-3-4-8-19(18)17-22/h3-4,7-8,11,14,17,20-21H,5-6,9-10,12-13,15-16H2,1-2H3,(H2,28,34)(H,29,30,31). The highest BCUT2D eigenvalue weighted by Crippen LogP contribution is 2.32. The number of primary amides is 1. The van der Waals surface area contributed by atoms with Crippen LogP contribution in [-0.2, 0) is 12.8 Å². The largest absolute Gasteiger partial charge is 0.362 e. The van der Waals surface area contributed by atoms with Crippen LogP contribution in [0, 0.1) is 0 Å². The lowest BCUT2D eigenvalue weighted by Crippen LogP contribution is -2.46. The first-order valence-electron chi connectivity index (χ1n) is 12.4. The molecule has 2 aliphatic carbocycles. The van der Waals surface area contributed by atoms with Gasteiger partial charge in [0, 0.05) is 37.4 Å². The lowest BCUT2D eigenvalue weighted by molar-refractivity contribution is 0.248. The summed E-state index contributed by atoms with van der Waals surface area (Å²) in [4.78, 5) is 26.1. The molecule has 0 saturated heterocycles. The van der Waals surface area contributed by atoms with E-state index in [2.05, 4.69) is 48.6 Å². The van der Waals surface area contributed by atoms with Gasteiger partial charge in [-0.2, -0.15) is 4.98 Å². The maximum atomic E-state index is 12.5. The molecule has 2 aliphatic rings. The van der Waals surface area contributed by atoms with Crippen molar-refractivity contribution in [3.8, 4) is 0 Å². The topological polar surface area (TPSA) is 87.4 Å². The van der Waals surface area contributed by atoms with Gasteiger partial charge in [-0.05, 0) is 74.3 Å². The van der Waals surface area contributed by atoms with Crippen molar-refractivity contribution in [2.75, 3.05) is 29.2 Å². The fourth-order valence-corrected chi connectivity index (χ4v) is 5.51. The Labute approximate surface area is 201 Å². The maximum absolute atomic E-state index is 12.5. The summed E-state index contributed by atoms with van der Waals surface area (Å²) < 4.78 is 0. The van der Waals surface area contributed by atoms with Crippen LogP contribution < -0.4 is 20.9 Å². The third-order valence-corrected chi connectivity index (χ3v) is 7.23. The van der Waals surface area contributed by atoms with Gasteiger partial charge in [-0.25, -0.2) is 9.78 Å². The second-order valence-corrected chi connectivity index (χ2v) is 9.79. The third kappa shape index (κ3) is 4.52. The van der Waals surface area contributed by atoms with Gasteiger partial charge in [0.05, 0.1) is 5.69 Å². The molecule has 0 atom stereocenters. The van der Waals surface area contributed by atoms with Crippen LogP contribution in [0.2, 0.25) is 0 Å². The van der Waals surface area contributed by atoms with Gasteiger partial charge in [-0.3, -0.25) is 4.90 Å². The number of nitrogens with one attached hydrogen (secondary N) is 1. The van der Waals surface area contributed by atoms with Crippen LogP contribution in [0.4, 0.5) is 22.2 Å². The van der Waals surface area contributed by atoms with E-state index in [9.17, 15) is 4.79 Å². The van der Waals surface area contributed by atoms with Crippen LogP contribution in [0.5, 0.6) is 0 Å². The zero-order valence-corrected chi connectivity index (χ0v) is 20.1. The Kier molecular flexibility index (Phi) is 6.26. The SMILES string of the molecule is CN(C)c1nc(NC2CCC(N(C(N)=O)c3ccc4ccccc4c3)CC2)nc2c1CCCC2. The molecule has 7 nitrogen and oxygen atoms in total. The molecule has 0 aliphatic heterocycles. The number of fused-ring (bicyclic) bond motifs is 2. The number of carbonyl (C=O) groups excluding carboxylic acids is 1. The van der Waals surface area contributed by atoms with Crippen molar-refractivity contribution in [3.05, 3.63) is 53.7 Å². The summed E-state index contributed by atoms with van der Waals surface area (Å²) in [7, 11) is 4.11. The van der Waals surface area contributed by atoms with Gasteiger partial charge in [0.1, 0.15) is 5.82 Å². The maximum Gasteiger partial charge on any atom is 0.319 e. The number of anilines is 3. The van der Waals surface area contributed by atoms with Gasteiger partial charge in [0.25, 0.3) is 0 Å². The van der Waals surface area contributed by atoms with Crippen LogP contribution in [-0.4, -0.2) is 42.2 Å². The minimum atomic E-state index is -0.389. The van der Waals surface area contributed by atoms with E-state index in [0.717, 1.165) is 66.8 Å². The Morgan fingerprint density at radius 1 is 0.971 bits per heavy atom. The quantitative estimate of drug-likeness (QED) is 0.569. The van der Waals surface area contributed by atoms with E-state index in [0.29, 0.717) is 6.04 Å². The molecule has 178 valence electrons. The monoisotopic (exact) mass is 458 g/mol. The molecule has 5 rings (SSSR count). The number of nitrogens with zero attached hydrogens (tertiary/aromatic N) is 4. The molecule has 7 heteroatoms. The number of aromatic nitrogens is 2. The first-order valence-corrected chi connectivity index (χ1v) is 12.4. The molecule has 0 radical (unpaired) electrons. The van der Waals surface area contributed by atoms with E-state index in [1.165, 1.54) is 24.1 Å². The molecule has 1 saturated carbocycles. The number of carbonyl (C=O) groups is 1. The van der Waals surface area contributed by atoms with Crippen LogP contribution in [0.15, 0.2) is 42.5 Å². The van der Waals surface area contributed by atoms with Gasteiger partial charge in [-0.15, -0.1) is 0 Å². The molecule has 3 aromatic rings. The van der Waals surface area contributed by atoms with Gasteiger partial charge in [-0.1, -0.05) is 30.3 Å². The number of rotatable bonds is 5. The molecular formula is C27H34N6O. The highest BCUT2D eigenvalue weighted by molar-refractivity contribution is 5.95. The number of hydrogen-bond acceptors (Lipinski definition) is 5. The van der Waals surface area contributed by atoms with Gasteiger partial charge < -0.3 is 16.0 Å². The Balaban J connectivity index is 1.29. The number of benzene rings is 2. The molecule has 2 aromatic carbocycles. The lowest BCUT2D eigenvalue weighted by atomic mass is 9.90. The number of amides is 2. The molecule has 1 fully saturated rings. The number of urea groups is 1. The van der Waals surface area contributed by atoms with E-state index in [4.69, 9.17) is 15.7 Å². The fourth-order valence-electron chi connectivity index (χ4n) is 5.51. The number of nitrogens with two attached hydrogens (primary N) is 1. The van der Waals surface area contributed by atoms with Crippen LogP contribution in [0.3, 0.4) is 0 Å². The number of hydrogen-bond donors (Lipinski definition) is 2. The van der Waals surface area contributed by atoms with E-state index in [1.54, 1.807) is 4.90 Å². The lowest BCUT2D eigenvalue weighted by Gasteiger charge is -2.36. The number of aryl methyl sites for hydroxylation is 1. The molecule has 1 heterocycles. The van der Waals surface area contributed by atoms with Crippen molar-refractivity contribution in [3.63, 3.8) is 0 Å². The molecule has 3 N–H and O–H groups in total. The van der Waals surface area contributed by atoms with Crippen LogP contribution >= 0.6 is 0 Å². The normalized spacial score (nSPS) is 19.9. The first-order chi connectivity index (χ1) is 16.5.